The summed E-state index contributed by atoms with van der Waals surface area (Å²) in [5.41, 5.74) is 1.24. The van der Waals surface area contributed by atoms with Crippen LogP contribution in [0.5, 0.6) is 5.75 Å². The van der Waals surface area contributed by atoms with E-state index in [0.717, 1.165) is 22.0 Å². The smallest absolute Gasteiger partial charge is 0.264 e. The van der Waals surface area contributed by atoms with Gasteiger partial charge in [0.2, 0.25) is 0 Å². The van der Waals surface area contributed by atoms with Crippen LogP contribution in [0.1, 0.15) is 5.56 Å². The molecule has 6 nitrogen and oxygen atoms in total. The molecular formula is C22H19FN2O4S. The number of nitrogens with zero attached hydrogens (tertiary/aromatic N) is 1. The molecule has 0 aromatic heterocycles. The Morgan fingerprint density at radius 1 is 1.00 bits per heavy atom. The summed E-state index contributed by atoms with van der Waals surface area (Å²) in [5.74, 6) is -0.670. The van der Waals surface area contributed by atoms with Crippen molar-refractivity contribution in [2.45, 2.75) is 17.5 Å². The molecule has 1 aliphatic heterocycles. The number of amides is 1. The van der Waals surface area contributed by atoms with Crippen molar-refractivity contribution in [3.05, 3.63) is 90.2 Å². The van der Waals surface area contributed by atoms with Crippen LogP contribution >= 0.6 is 0 Å². The van der Waals surface area contributed by atoms with E-state index in [2.05, 4.69) is 5.32 Å². The number of nitrogens with one attached hydrogen (secondary N) is 1. The number of benzene rings is 3. The van der Waals surface area contributed by atoms with Crippen LogP contribution < -0.4 is 14.4 Å². The molecule has 30 heavy (non-hydrogen) atoms. The van der Waals surface area contributed by atoms with Gasteiger partial charge in [-0.2, -0.15) is 0 Å². The molecule has 0 saturated carbocycles. The first-order valence-electron chi connectivity index (χ1n) is 9.31. The van der Waals surface area contributed by atoms with E-state index in [9.17, 15) is 17.6 Å². The Balaban J connectivity index is 1.60. The van der Waals surface area contributed by atoms with Crippen molar-refractivity contribution in [2.75, 3.05) is 10.8 Å². The van der Waals surface area contributed by atoms with Crippen LogP contribution in [0.3, 0.4) is 0 Å². The van der Waals surface area contributed by atoms with Crippen LogP contribution in [0.2, 0.25) is 0 Å². The molecule has 1 aliphatic rings. The second-order valence-electron chi connectivity index (χ2n) is 6.77. The van der Waals surface area contributed by atoms with E-state index < -0.39 is 27.9 Å². The Hall–Kier alpha value is -3.39. The predicted molar refractivity (Wildman–Crippen MR) is 110 cm³/mol. The number of sulfonamides is 1. The molecular weight excluding hydrogens is 407 g/mol. The van der Waals surface area contributed by atoms with Crippen LogP contribution in [0.25, 0.3) is 0 Å². The van der Waals surface area contributed by atoms with Crippen molar-refractivity contribution in [2.24, 2.45) is 0 Å². The number of fused-ring (bicyclic) bond motifs is 1. The topological polar surface area (TPSA) is 75.7 Å². The van der Waals surface area contributed by atoms with Crippen LogP contribution in [0.4, 0.5) is 10.1 Å². The number of carbonyl (C=O) groups is 1. The number of para-hydroxylation sites is 2. The van der Waals surface area contributed by atoms with Gasteiger partial charge in [-0.05, 0) is 42.0 Å². The van der Waals surface area contributed by atoms with E-state index >= 15 is 0 Å². The van der Waals surface area contributed by atoms with Gasteiger partial charge in [-0.25, -0.2) is 12.8 Å². The van der Waals surface area contributed by atoms with E-state index in [1.165, 1.54) is 12.1 Å². The average molecular weight is 426 g/mol. The number of carbonyl (C=O) groups excluding carboxylic acids is 1. The van der Waals surface area contributed by atoms with Gasteiger partial charge in [-0.3, -0.25) is 9.10 Å². The highest BCUT2D eigenvalue weighted by Gasteiger charge is 2.37. The van der Waals surface area contributed by atoms with Crippen LogP contribution in [-0.2, 0) is 21.4 Å². The van der Waals surface area contributed by atoms with Gasteiger partial charge >= 0.3 is 0 Å². The molecule has 154 valence electrons. The Bertz CT molecular complexity index is 1150. The molecule has 1 atom stereocenters. The molecule has 0 aliphatic carbocycles. The first-order valence-corrected chi connectivity index (χ1v) is 10.7. The summed E-state index contributed by atoms with van der Waals surface area (Å²) in [7, 11) is -4.02. The molecule has 0 bridgehead atoms. The SMILES string of the molecule is O=C(NCc1ccccc1)C1CN(S(=O)(=O)c2ccc(F)cc2)c2ccccc2O1. The zero-order valence-corrected chi connectivity index (χ0v) is 16.7. The van der Waals surface area contributed by atoms with Gasteiger partial charge in [0.25, 0.3) is 15.9 Å². The summed E-state index contributed by atoms with van der Waals surface area (Å²) in [4.78, 5) is 12.7. The maximum absolute atomic E-state index is 13.3. The Morgan fingerprint density at radius 2 is 1.67 bits per heavy atom. The molecule has 1 heterocycles. The van der Waals surface area contributed by atoms with Crippen molar-refractivity contribution < 1.29 is 22.3 Å². The third-order valence-corrected chi connectivity index (χ3v) is 6.53. The summed E-state index contributed by atoms with van der Waals surface area (Å²) in [6.45, 7) is 0.100. The minimum atomic E-state index is -4.02. The zero-order chi connectivity index (χ0) is 21.1. The number of anilines is 1. The number of rotatable bonds is 5. The maximum atomic E-state index is 13.3. The van der Waals surface area contributed by atoms with Gasteiger partial charge in [-0.15, -0.1) is 0 Å². The molecule has 1 N–H and O–H groups in total. The molecule has 0 spiro atoms. The lowest BCUT2D eigenvalue weighted by molar-refractivity contribution is -0.127. The van der Waals surface area contributed by atoms with Gasteiger partial charge in [0.15, 0.2) is 6.10 Å². The minimum Gasteiger partial charge on any atom is -0.476 e. The van der Waals surface area contributed by atoms with E-state index in [-0.39, 0.29) is 17.2 Å². The Morgan fingerprint density at radius 3 is 2.40 bits per heavy atom. The fraction of sp³-hybridized carbons (Fsp3) is 0.136. The van der Waals surface area contributed by atoms with Gasteiger partial charge in [-0.1, -0.05) is 42.5 Å². The number of hydrogen-bond donors (Lipinski definition) is 1. The highest BCUT2D eigenvalue weighted by Crippen LogP contribution is 2.36. The molecule has 0 radical (unpaired) electrons. The quantitative estimate of drug-likeness (QED) is 0.680. The molecule has 1 amide bonds. The molecule has 1 unspecified atom stereocenters. The first kappa shape index (κ1) is 19.9. The van der Waals surface area contributed by atoms with Gasteiger partial charge in [0.1, 0.15) is 11.6 Å². The highest BCUT2D eigenvalue weighted by molar-refractivity contribution is 7.92. The predicted octanol–water partition coefficient (Wildman–Crippen LogP) is 3.10. The number of ether oxygens (including phenoxy) is 1. The molecule has 4 rings (SSSR count). The highest BCUT2D eigenvalue weighted by atomic mass is 32.2. The van der Waals surface area contributed by atoms with Crippen molar-refractivity contribution in [3.63, 3.8) is 0 Å². The van der Waals surface area contributed by atoms with Gasteiger partial charge in [0, 0.05) is 6.54 Å². The summed E-state index contributed by atoms with van der Waals surface area (Å²) in [6, 6.07) is 20.5. The molecule has 3 aromatic rings. The van der Waals surface area contributed by atoms with E-state index in [4.69, 9.17) is 4.74 Å². The van der Waals surface area contributed by atoms with Crippen molar-refractivity contribution in [1.29, 1.82) is 0 Å². The van der Waals surface area contributed by atoms with Crippen LogP contribution in [0, 0.1) is 5.82 Å². The maximum Gasteiger partial charge on any atom is 0.264 e. The van der Waals surface area contributed by atoms with E-state index in [1.54, 1.807) is 24.3 Å². The summed E-state index contributed by atoms with van der Waals surface area (Å²) in [6.07, 6.45) is -1.03. The lowest BCUT2D eigenvalue weighted by Gasteiger charge is -2.34. The average Bonchev–Trinajstić information content (AvgIpc) is 2.77. The Kier molecular flexibility index (Phi) is 5.41. The zero-order valence-electron chi connectivity index (χ0n) is 15.9. The van der Waals surface area contributed by atoms with Gasteiger partial charge < -0.3 is 10.1 Å². The monoisotopic (exact) mass is 426 g/mol. The third-order valence-electron chi connectivity index (χ3n) is 4.74. The molecule has 3 aromatic carbocycles. The Labute approximate surface area is 174 Å². The van der Waals surface area contributed by atoms with Crippen LogP contribution in [0.15, 0.2) is 83.8 Å². The summed E-state index contributed by atoms with van der Waals surface area (Å²) < 4.78 is 46.6. The molecule has 8 heteroatoms. The van der Waals surface area contributed by atoms with Crippen molar-refractivity contribution in [3.8, 4) is 5.75 Å². The molecule has 0 fully saturated rings. The van der Waals surface area contributed by atoms with Gasteiger partial charge in [0.05, 0.1) is 17.1 Å². The largest absolute Gasteiger partial charge is 0.476 e. The second-order valence-corrected chi connectivity index (χ2v) is 8.63. The first-order chi connectivity index (χ1) is 14.4. The fourth-order valence-corrected chi connectivity index (χ4v) is 4.67. The summed E-state index contributed by atoms with van der Waals surface area (Å²) >= 11 is 0. The number of halogens is 1. The standard InChI is InChI=1S/C22H19FN2O4S/c23-17-10-12-18(13-11-17)30(27,28)25-15-21(29-20-9-5-4-8-19(20)25)22(26)24-14-16-6-2-1-3-7-16/h1-13,21H,14-15H2,(H,24,26). The van der Waals surface area contributed by atoms with Crippen molar-refractivity contribution >= 4 is 21.6 Å². The number of hydrogen-bond acceptors (Lipinski definition) is 4. The summed E-state index contributed by atoms with van der Waals surface area (Å²) in [5, 5.41) is 2.78. The van der Waals surface area contributed by atoms with Crippen molar-refractivity contribution in [1.82, 2.24) is 5.32 Å². The lowest BCUT2D eigenvalue weighted by atomic mass is 10.2. The van der Waals surface area contributed by atoms with Crippen LogP contribution in [-0.4, -0.2) is 27.0 Å². The second kappa shape index (κ2) is 8.16. The minimum absolute atomic E-state index is 0.0657. The molecule has 0 saturated heterocycles. The lowest BCUT2D eigenvalue weighted by Crippen LogP contribution is -2.50. The van der Waals surface area contributed by atoms with E-state index in [0.29, 0.717) is 12.2 Å². The fourth-order valence-electron chi connectivity index (χ4n) is 3.20. The van der Waals surface area contributed by atoms with E-state index in [1.807, 2.05) is 30.3 Å². The normalized spacial score (nSPS) is 15.8. The third kappa shape index (κ3) is 3.99.